The van der Waals surface area contributed by atoms with E-state index in [2.05, 4.69) is 21.0 Å². The lowest BCUT2D eigenvalue weighted by atomic mass is 10.0. The zero-order chi connectivity index (χ0) is 22.9. The largest absolute Gasteiger partial charge is 0.378 e. The highest BCUT2D eigenvalue weighted by Gasteiger charge is 2.44. The maximum atomic E-state index is 13.0. The minimum Gasteiger partial charge on any atom is -0.378 e. The number of rotatable bonds is 5. The van der Waals surface area contributed by atoms with Crippen LogP contribution in [0.4, 0.5) is 5.69 Å². The maximum absolute atomic E-state index is 13.0. The molecule has 2 saturated heterocycles. The van der Waals surface area contributed by atoms with Gasteiger partial charge in [-0.3, -0.25) is 34.1 Å². The molecule has 0 aliphatic carbocycles. The number of aromatic nitrogens is 2. The van der Waals surface area contributed by atoms with Crippen LogP contribution >= 0.6 is 0 Å². The fourth-order valence-electron chi connectivity index (χ4n) is 4.32. The van der Waals surface area contributed by atoms with Crippen LogP contribution in [-0.2, 0) is 20.9 Å². The van der Waals surface area contributed by atoms with Crippen molar-refractivity contribution >= 4 is 29.3 Å². The molecule has 2 atom stereocenters. The van der Waals surface area contributed by atoms with Crippen LogP contribution in [0.25, 0.3) is 0 Å². The topological polar surface area (TPSA) is 135 Å². The third-order valence-corrected chi connectivity index (χ3v) is 6.09. The zero-order valence-electron chi connectivity index (χ0n) is 17.9. The molecule has 3 aliphatic rings. The Morgan fingerprint density at radius 1 is 1.15 bits per heavy atom. The number of ether oxygens (including phenoxy) is 1. The molecule has 0 saturated carbocycles. The lowest BCUT2D eigenvalue weighted by molar-refractivity contribution is -0.136. The second-order valence-electron chi connectivity index (χ2n) is 8.32. The Balaban J connectivity index is 1.26. The smallest absolute Gasteiger partial charge is 0.262 e. The highest BCUT2D eigenvalue weighted by Crippen LogP contribution is 2.28. The SMILES string of the molecule is O=C1CCC(N2C(=O)c3ccc(CNc4cnn(C5CNCCOC5)c4)cc3C2=O)C(=O)N1. The molecule has 0 bridgehead atoms. The number of carbonyl (C=O) groups excluding carboxylic acids is 4. The standard InChI is InChI=1S/C22H24N6O5/c29-19-4-3-18(20(30)26-19)28-21(31)16-2-1-13(7-17(16)22(28)32)8-24-14-9-25-27(11-14)15-10-23-5-6-33-12-15/h1-2,7,9,11,15,18,23-24H,3-6,8,10,12H2,(H,26,29,30). The van der Waals surface area contributed by atoms with Crippen LogP contribution in [0.1, 0.15) is 45.2 Å². The van der Waals surface area contributed by atoms with Crippen LogP contribution in [0.15, 0.2) is 30.6 Å². The normalized spacial score (nSPS) is 23.3. The number of anilines is 1. The fourth-order valence-corrected chi connectivity index (χ4v) is 4.32. The predicted octanol–water partition coefficient (Wildman–Crippen LogP) is 0.0573. The Kier molecular flexibility index (Phi) is 5.65. The van der Waals surface area contributed by atoms with E-state index in [1.807, 2.05) is 10.9 Å². The molecule has 1 aromatic heterocycles. The maximum Gasteiger partial charge on any atom is 0.262 e. The molecule has 5 rings (SSSR count). The van der Waals surface area contributed by atoms with Gasteiger partial charge in [-0.1, -0.05) is 6.07 Å². The molecular weight excluding hydrogens is 428 g/mol. The summed E-state index contributed by atoms with van der Waals surface area (Å²) in [6, 6.07) is 4.20. The fraction of sp³-hybridized carbons (Fsp3) is 0.409. The van der Waals surface area contributed by atoms with E-state index in [0.29, 0.717) is 19.8 Å². The number of piperidine rings is 1. The Morgan fingerprint density at radius 2 is 2.00 bits per heavy atom. The van der Waals surface area contributed by atoms with Crippen LogP contribution < -0.4 is 16.0 Å². The van der Waals surface area contributed by atoms with E-state index >= 15 is 0 Å². The average Bonchev–Trinajstić information content (AvgIpc) is 3.24. The van der Waals surface area contributed by atoms with Crippen LogP contribution in [0.3, 0.4) is 0 Å². The summed E-state index contributed by atoms with van der Waals surface area (Å²) in [5.41, 5.74) is 2.17. The van der Waals surface area contributed by atoms with Crippen LogP contribution in [-0.4, -0.2) is 70.7 Å². The number of nitrogens with zero attached hydrogens (tertiary/aromatic N) is 3. The molecule has 0 radical (unpaired) electrons. The third-order valence-electron chi connectivity index (χ3n) is 6.09. The Hall–Kier alpha value is -3.57. The summed E-state index contributed by atoms with van der Waals surface area (Å²) in [4.78, 5) is 50.3. The summed E-state index contributed by atoms with van der Waals surface area (Å²) in [6.07, 6.45) is 3.87. The average molecular weight is 452 g/mol. The molecule has 1 aromatic carbocycles. The molecule has 4 heterocycles. The molecule has 11 heteroatoms. The van der Waals surface area contributed by atoms with Gasteiger partial charge in [0.1, 0.15) is 6.04 Å². The van der Waals surface area contributed by atoms with Crippen molar-refractivity contribution in [1.82, 2.24) is 25.3 Å². The predicted molar refractivity (Wildman–Crippen MR) is 115 cm³/mol. The van der Waals surface area contributed by atoms with Gasteiger partial charge in [0.25, 0.3) is 11.8 Å². The number of hydrogen-bond donors (Lipinski definition) is 3. The lowest BCUT2D eigenvalue weighted by Gasteiger charge is -2.27. The van der Waals surface area contributed by atoms with Crippen molar-refractivity contribution in [3.05, 3.63) is 47.3 Å². The van der Waals surface area contributed by atoms with E-state index in [9.17, 15) is 19.2 Å². The summed E-state index contributed by atoms with van der Waals surface area (Å²) >= 11 is 0. The molecule has 172 valence electrons. The second kappa shape index (κ2) is 8.75. The Morgan fingerprint density at radius 3 is 2.85 bits per heavy atom. The number of hydrogen-bond acceptors (Lipinski definition) is 8. The van der Waals surface area contributed by atoms with E-state index in [1.165, 1.54) is 0 Å². The number of fused-ring (bicyclic) bond motifs is 1. The van der Waals surface area contributed by atoms with Crippen molar-refractivity contribution in [2.24, 2.45) is 0 Å². The van der Waals surface area contributed by atoms with Gasteiger partial charge in [0.15, 0.2) is 0 Å². The van der Waals surface area contributed by atoms with Gasteiger partial charge in [0, 0.05) is 32.3 Å². The van der Waals surface area contributed by atoms with E-state index in [4.69, 9.17) is 4.74 Å². The van der Waals surface area contributed by atoms with Crippen LogP contribution in [0, 0.1) is 0 Å². The highest BCUT2D eigenvalue weighted by atomic mass is 16.5. The number of amides is 4. The number of imide groups is 2. The van der Waals surface area contributed by atoms with Crippen LogP contribution in [0.2, 0.25) is 0 Å². The van der Waals surface area contributed by atoms with E-state index in [0.717, 1.165) is 29.2 Å². The minimum atomic E-state index is -0.968. The Bertz CT molecular complexity index is 1120. The van der Waals surface area contributed by atoms with Gasteiger partial charge in [-0.25, -0.2) is 0 Å². The van der Waals surface area contributed by atoms with E-state index < -0.39 is 29.7 Å². The van der Waals surface area contributed by atoms with Crippen molar-refractivity contribution in [2.75, 3.05) is 31.6 Å². The molecule has 2 fully saturated rings. The van der Waals surface area contributed by atoms with Crippen LogP contribution in [0.5, 0.6) is 0 Å². The minimum absolute atomic E-state index is 0.0930. The molecule has 2 unspecified atom stereocenters. The molecule has 11 nitrogen and oxygen atoms in total. The molecule has 2 aromatic rings. The van der Waals surface area contributed by atoms with E-state index in [-0.39, 0.29) is 30.0 Å². The number of benzene rings is 1. The van der Waals surface area contributed by atoms with Crippen molar-refractivity contribution in [3.8, 4) is 0 Å². The van der Waals surface area contributed by atoms with Gasteiger partial charge in [-0.2, -0.15) is 5.10 Å². The number of carbonyl (C=O) groups is 4. The first kappa shape index (κ1) is 21.3. The summed E-state index contributed by atoms with van der Waals surface area (Å²) < 4.78 is 7.44. The molecule has 3 aliphatic heterocycles. The van der Waals surface area contributed by atoms with Gasteiger partial charge in [-0.15, -0.1) is 0 Å². The van der Waals surface area contributed by atoms with Gasteiger partial charge >= 0.3 is 0 Å². The van der Waals surface area contributed by atoms with Crippen molar-refractivity contribution in [3.63, 3.8) is 0 Å². The van der Waals surface area contributed by atoms with Gasteiger partial charge in [-0.05, 0) is 24.1 Å². The quantitative estimate of drug-likeness (QED) is 0.542. The molecule has 3 N–H and O–H groups in total. The first-order chi connectivity index (χ1) is 16.0. The van der Waals surface area contributed by atoms with Gasteiger partial charge in [0.05, 0.1) is 42.3 Å². The van der Waals surface area contributed by atoms with Gasteiger partial charge in [0.2, 0.25) is 11.8 Å². The van der Waals surface area contributed by atoms with Crippen molar-refractivity contribution in [2.45, 2.75) is 31.5 Å². The Labute approximate surface area is 189 Å². The summed E-state index contributed by atoms with van der Waals surface area (Å²) in [7, 11) is 0. The monoisotopic (exact) mass is 452 g/mol. The summed E-state index contributed by atoms with van der Waals surface area (Å²) in [5, 5.41) is 13.2. The molecule has 33 heavy (non-hydrogen) atoms. The first-order valence-corrected chi connectivity index (χ1v) is 10.9. The second-order valence-corrected chi connectivity index (χ2v) is 8.32. The highest BCUT2D eigenvalue weighted by molar-refractivity contribution is 6.23. The van der Waals surface area contributed by atoms with E-state index in [1.54, 1.807) is 24.4 Å². The molecule has 4 amide bonds. The molecule has 0 spiro atoms. The third kappa shape index (κ3) is 4.12. The van der Waals surface area contributed by atoms with Gasteiger partial charge < -0.3 is 15.4 Å². The summed E-state index contributed by atoms with van der Waals surface area (Å²) in [6.45, 7) is 3.32. The lowest BCUT2D eigenvalue weighted by Crippen LogP contribution is -2.54. The summed E-state index contributed by atoms with van der Waals surface area (Å²) in [5.74, 6) is -2.04. The van der Waals surface area contributed by atoms with Crippen molar-refractivity contribution in [1.29, 1.82) is 0 Å². The van der Waals surface area contributed by atoms with Crippen molar-refractivity contribution < 1.29 is 23.9 Å². The molecular formula is C22H24N6O5. The zero-order valence-corrected chi connectivity index (χ0v) is 17.9. The number of nitrogens with one attached hydrogen (secondary N) is 3. The first-order valence-electron chi connectivity index (χ1n) is 10.9.